The molecule has 0 heteroatoms. The van der Waals surface area contributed by atoms with E-state index in [1.165, 1.54) is 6.42 Å². The van der Waals surface area contributed by atoms with Crippen LogP contribution in [0.15, 0.2) is 12.2 Å². The molecule has 64 valence electrons. The summed E-state index contributed by atoms with van der Waals surface area (Å²) < 4.78 is 0. The minimum Gasteiger partial charge on any atom is -0.0880 e. The molecule has 11 heavy (non-hydrogen) atoms. The molecule has 1 aliphatic carbocycles. The van der Waals surface area contributed by atoms with Gasteiger partial charge in [-0.15, -0.1) is 0 Å². The molecule has 0 aromatic heterocycles. The van der Waals surface area contributed by atoms with Crippen LogP contribution in [0.3, 0.4) is 0 Å². The summed E-state index contributed by atoms with van der Waals surface area (Å²) in [5.74, 6) is 3.42. The minimum atomic E-state index is 0.791. The van der Waals surface area contributed by atoms with Crippen molar-refractivity contribution < 1.29 is 0 Å². The lowest BCUT2D eigenvalue weighted by Crippen LogP contribution is -2.26. The highest BCUT2D eigenvalue weighted by Gasteiger charge is 2.26. The molecule has 0 bridgehead atoms. The zero-order valence-electron chi connectivity index (χ0n) is 8.17. The van der Waals surface area contributed by atoms with Crippen molar-refractivity contribution in [2.75, 3.05) is 0 Å². The Morgan fingerprint density at radius 3 is 2.27 bits per heavy atom. The van der Waals surface area contributed by atoms with Crippen molar-refractivity contribution in [1.29, 1.82) is 0 Å². The minimum absolute atomic E-state index is 0.791. The second kappa shape index (κ2) is 3.42. The van der Waals surface area contributed by atoms with Gasteiger partial charge in [0.05, 0.1) is 0 Å². The molecule has 0 saturated heterocycles. The molecule has 0 aromatic rings. The summed E-state index contributed by atoms with van der Waals surface area (Å²) in [7, 11) is 0. The summed E-state index contributed by atoms with van der Waals surface area (Å²) in [5, 5.41) is 0. The second-order valence-electron chi connectivity index (χ2n) is 4.32. The largest absolute Gasteiger partial charge is 0.0880 e. The van der Waals surface area contributed by atoms with E-state index >= 15 is 0 Å². The Morgan fingerprint density at radius 1 is 1.27 bits per heavy atom. The van der Waals surface area contributed by atoms with Gasteiger partial charge in [-0.25, -0.2) is 0 Å². The van der Waals surface area contributed by atoms with Crippen LogP contribution in [0.4, 0.5) is 0 Å². The quantitative estimate of drug-likeness (QED) is 0.504. The van der Waals surface area contributed by atoms with Crippen LogP contribution in [0.25, 0.3) is 0 Å². The van der Waals surface area contributed by atoms with Crippen LogP contribution in [-0.4, -0.2) is 0 Å². The average molecular weight is 152 g/mol. The van der Waals surface area contributed by atoms with Crippen LogP contribution in [0, 0.1) is 23.7 Å². The highest BCUT2D eigenvalue weighted by molar-refractivity contribution is 4.98. The van der Waals surface area contributed by atoms with E-state index in [0.717, 1.165) is 23.7 Å². The average Bonchev–Trinajstić information content (AvgIpc) is 1.85. The van der Waals surface area contributed by atoms with Crippen LogP contribution < -0.4 is 0 Å². The van der Waals surface area contributed by atoms with Gasteiger partial charge in [0, 0.05) is 0 Å². The first-order chi connectivity index (χ1) is 5.13. The van der Waals surface area contributed by atoms with Crippen LogP contribution >= 0.6 is 0 Å². The van der Waals surface area contributed by atoms with Gasteiger partial charge in [-0.1, -0.05) is 39.8 Å². The molecule has 0 radical (unpaired) electrons. The molecule has 3 atom stereocenters. The third-order valence-electron chi connectivity index (χ3n) is 2.98. The van der Waals surface area contributed by atoms with Crippen molar-refractivity contribution in [3.63, 3.8) is 0 Å². The van der Waals surface area contributed by atoms with Crippen LogP contribution in [-0.2, 0) is 0 Å². The monoisotopic (exact) mass is 152 g/mol. The third-order valence-corrected chi connectivity index (χ3v) is 2.98. The van der Waals surface area contributed by atoms with Gasteiger partial charge in [0.15, 0.2) is 0 Å². The molecule has 0 amide bonds. The number of hydrogen-bond acceptors (Lipinski definition) is 0. The smallest absolute Gasteiger partial charge is 0.0228 e. The third kappa shape index (κ3) is 1.85. The fourth-order valence-electron chi connectivity index (χ4n) is 2.58. The van der Waals surface area contributed by atoms with Crippen molar-refractivity contribution in [2.45, 2.75) is 34.1 Å². The lowest BCUT2D eigenvalue weighted by molar-refractivity contribution is 0.206. The molecule has 1 aliphatic rings. The number of rotatable bonds is 1. The van der Waals surface area contributed by atoms with E-state index in [4.69, 9.17) is 0 Å². The van der Waals surface area contributed by atoms with Gasteiger partial charge >= 0.3 is 0 Å². The Bertz CT molecular complexity index is 144. The predicted molar refractivity (Wildman–Crippen MR) is 50.4 cm³/mol. The fourth-order valence-corrected chi connectivity index (χ4v) is 2.58. The van der Waals surface area contributed by atoms with Crippen molar-refractivity contribution in [2.24, 2.45) is 23.7 Å². The molecule has 0 heterocycles. The van der Waals surface area contributed by atoms with Crippen molar-refractivity contribution in [3.05, 3.63) is 12.2 Å². The fraction of sp³-hybridized carbons (Fsp3) is 0.818. The van der Waals surface area contributed by atoms with Gasteiger partial charge in [0.2, 0.25) is 0 Å². The first-order valence-electron chi connectivity index (χ1n) is 4.79. The highest BCUT2D eigenvalue weighted by Crippen LogP contribution is 2.34. The Morgan fingerprint density at radius 2 is 1.91 bits per heavy atom. The maximum Gasteiger partial charge on any atom is -0.0228 e. The number of allylic oxidation sites excluding steroid dienone is 2. The van der Waals surface area contributed by atoms with E-state index in [1.54, 1.807) is 0 Å². The zero-order valence-corrected chi connectivity index (χ0v) is 8.17. The SMILES string of the molecule is CC(C)C1C(C)C=CCC1C. The molecule has 0 saturated carbocycles. The maximum absolute atomic E-state index is 2.38. The molecule has 0 nitrogen and oxygen atoms in total. The summed E-state index contributed by atoms with van der Waals surface area (Å²) in [6.07, 6.45) is 6.01. The van der Waals surface area contributed by atoms with Crippen molar-refractivity contribution >= 4 is 0 Å². The number of hydrogen-bond donors (Lipinski definition) is 0. The highest BCUT2D eigenvalue weighted by atomic mass is 14.3. The summed E-state index contributed by atoms with van der Waals surface area (Å²) in [4.78, 5) is 0. The predicted octanol–water partition coefficient (Wildman–Crippen LogP) is 3.49. The van der Waals surface area contributed by atoms with Crippen molar-refractivity contribution in [3.8, 4) is 0 Å². The summed E-state index contributed by atoms with van der Waals surface area (Å²) >= 11 is 0. The topological polar surface area (TPSA) is 0 Å². The van der Waals surface area contributed by atoms with Gasteiger partial charge in [-0.05, 0) is 30.1 Å². The first kappa shape index (κ1) is 8.83. The van der Waals surface area contributed by atoms with Gasteiger partial charge in [0.25, 0.3) is 0 Å². The lowest BCUT2D eigenvalue weighted by atomic mass is 9.72. The van der Waals surface area contributed by atoms with Crippen LogP contribution in [0.2, 0.25) is 0 Å². The Kier molecular flexibility index (Phi) is 2.75. The van der Waals surface area contributed by atoms with E-state index < -0.39 is 0 Å². The van der Waals surface area contributed by atoms with E-state index in [-0.39, 0.29) is 0 Å². The Hall–Kier alpha value is -0.260. The molecule has 0 aliphatic heterocycles. The summed E-state index contributed by atoms with van der Waals surface area (Å²) in [6.45, 7) is 9.41. The van der Waals surface area contributed by atoms with Crippen LogP contribution in [0.1, 0.15) is 34.1 Å². The van der Waals surface area contributed by atoms with Gasteiger partial charge in [-0.3, -0.25) is 0 Å². The molecule has 0 N–H and O–H groups in total. The standard InChI is InChI=1S/C11H20/c1-8(2)11-9(3)6-5-7-10(11)4/h5-6,8-11H,7H2,1-4H3. The summed E-state index contributed by atoms with van der Waals surface area (Å²) in [5.41, 5.74) is 0. The molecule has 3 unspecified atom stereocenters. The van der Waals surface area contributed by atoms with Gasteiger partial charge in [0.1, 0.15) is 0 Å². The summed E-state index contributed by atoms with van der Waals surface area (Å²) in [6, 6.07) is 0. The van der Waals surface area contributed by atoms with E-state index in [0.29, 0.717) is 0 Å². The Balaban J connectivity index is 2.67. The van der Waals surface area contributed by atoms with Crippen LogP contribution in [0.5, 0.6) is 0 Å². The van der Waals surface area contributed by atoms with E-state index in [2.05, 4.69) is 39.8 Å². The normalized spacial score (nSPS) is 38.1. The molecule has 1 rings (SSSR count). The lowest BCUT2D eigenvalue weighted by Gasteiger charge is -2.33. The molecule has 0 spiro atoms. The second-order valence-corrected chi connectivity index (χ2v) is 4.32. The molecular weight excluding hydrogens is 132 g/mol. The maximum atomic E-state index is 2.38. The van der Waals surface area contributed by atoms with Crippen molar-refractivity contribution in [1.82, 2.24) is 0 Å². The molecule has 0 fully saturated rings. The molecular formula is C11H20. The zero-order chi connectivity index (χ0) is 8.43. The first-order valence-corrected chi connectivity index (χ1v) is 4.79. The molecule has 0 aromatic carbocycles. The van der Waals surface area contributed by atoms with Gasteiger partial charge in [-0.2, -0.15) is 0 Å². The van der Waals surface area contributed by atoms with E-state index in [9.17, 15) is 0 Å². The van der Waals surface area contributed by atoms with E-state index in [1.807, 2.05) is 0 Å². The Labute approximate surface area is 70.7 Å². The van der Waals surface area contributed by atoms with Gasteiger partial charge < -0.3 is 0 Å².